The highest BCUT2D eigenvalue weighted by Crippen LogP contribution is 2.18. The van der Waals surface area contributed by atoms with E-state index in [0.29, 0.717) is 11.4 Å². The lowest BCUT2D eigenvalue weighted by Gasteiger charge is -2.35. The molecule has 1 aromatic heterocycles. The predicted molar refractivity (Wildman–Crippen MR) is 70.2 cm³/mol. The van der Waals surface area contributed by atoms with Crippen LogP contribution in [0.15, 0.2) is 6.20 Å². The van der Waals surface area contributed by atoms with E-state index in [0.717, 1.165) is 25.9 Å². The van der Waals surface area contributed by atoms with Crippen molar-refractivity contribution in [2.75, 3.05) is 32.9 Å². The molecule has 0 saturated carbocycles. The van der Waals surface area contributed by atoms with Crippen molar-refractivity contribution in [3.63, 3.8) is 0 Å². The molecule has 1 saturated heterocycles. The van der Waals surface area contributed by atoms with Gasteiger partial charge in [-0.15, -0.1) is 0 Å². The summed E-state index contributed by atoms with van der Waals surface area (Å²) >= 11 is 0. The van der Waals surface area contributed by atoms with Crippen molar-refractivity contribution in [3.8, 4) is 0 Å². The third kappa shape index (κ3) is 2.33. The van der Waals surface area contributed by atoms with Crippen LogP contribution in [0.3, 0.4) is 0 Å². The van der Waals surface area contributed by atoms with Crippen molar-refractivity contribution in [3.05, 3.63) is 11.9 Å². The molecule has 6 nitrogen and oxygen atoms in total. The van der Waals surface area contributed by atoms with Crippen molar-refractivity contribution in [1.29, 1.82) is 0 Å². The predicted octanol–water partition coefficient (Wildman–Crippen LogP) is 0.169. The average Bonchev–Trinajstić information content (AvgIpc) is 2.67. The molecule has 6 heteroatoms. The Hall–Kier alpha value is -1.56. The van der Waals surface area contributed by atoms with Gasteiger partial charge in [0.05, 0.1) is 11.9 Å². The topological polar surface area (TPSA) is 67.4 Å². The van der Waals surface area contributed by atoms with E-state index in [1.54, 1.807) is 16.6 Å². The highest BCUT2D eigenvalue weighted by Gasteiger charge is 2.27. The van der Waals surface area contributed by atoms with Gasteiger partial charge in [0.1, 0.15) is 5.69 Å². The standard InChI is InChI=1S/C12H21N5O/c1-15-6-4-5-9(8-15)16(2)12(18)11-10(13)7-14-17(11)3/h7,9H,4-6,8,13H2,1-3H3. The number of nitrogens with two attached hydrogens (primary N) is 1. The Balaban J connectivity index is 2.13. The van der Waals surface area contributed by atoms with Crippen molar-refractivity contribution >= 4 is 11.6 Å². The van der Waals surface area contributed by atoms with E-state index in [-0.39, 0.29) is 11.9 Å². The second kappa shape index (κ2) is 4.97. The zero-order chi connectivity index (χ0) is 13.3. The van der Waals surface area contributed by atoms with Crippen molar-refractivity contribution < 1.29 is 4.79 Å². The molecule has 2 heterocycles. The molecule has 1 aliphatic rings. The van der Waals surface area contributed by atoms with Crippen molar-refractivity contribution in [2.45, 2.75) is 18.9 Å². The summed E-state index contributed by atoms with van der Waals surface area (Å²) in [6, 6.07) is 0.255. The summed E-state index contributed by atoms with van der Waals surface area (Å²) in [4.78, 5) is 16.5. The van der Waals surface area contributed by atoms with E-state index in [9.17, 15) is 4.79 Å². The maximum atomic E-state index is 12.4. The highest BCUT2D eigenvalue weighted by atomic mass is 16.2. The van der Waals surface area contributed by atoms with E-state index in [1.165, 1.54) is 6.20 Å². The van der Waals surface area contributed by atoms with E-state index in [2.05, 4.69) is 17.0 Å². The molecule has 0 bridgehead atoms. The number of hydrogen-bond acceptors (Lipinski definition) is 4. The molecule has 0 spiro atoms. The van der Waals surface area contributed by atoms with Crippen LogP contribution in [0.2, 0.25) is 0 Å². The molecule has 1 unspecified atom stereocenters. The van der Waals surface area contributed by atoms with Gasteiger partial charge >= 0.3 is 0 Å². The average molecular weight is 251 g/mol. The number of carbonyl (C=O) groups excluding carboxylic acids is 1. The lowest BCUT2D eigenvalue weighted by molar-refractivity contribution is 0.0634. The molecule has 1 aromatic rings. The molecular weight excluding hydrogens is 230 g/mol. The van der Waals surface area contributed by atoms with Gasteiger partial charge in [0.15, 0.2) is 0 Å². The summed E-state index contributed by atoms with van der Waals surface area (Å²) in [7, 11) is 5.67. The fourth-order valence-electron chi connectivity index (χ4n) is 2.50. The number of likely N-dealkylation sites (tertiary alicyclic amines) is 1. The number of aryl methyl sites for hydroxylation is 1. The number of amides is 1. The number of nitrogen functional groups attached to an aromatic ring is 1. The molecule has 0 aliphatic carbocycles. The number of likely N-dealkylation sites (N-methyl/N-ethyl adjacent to an activating group) is 2. The Morgan fingerprint density at radius 2 is 2.28 bits per heavy atom. The molecule has 1 fully saturated rings. The molecule has 2 N–H and O–H groups in total. The van der Waals surface area contributed by atoms with Crippen molar-refractivity contribution in [1.82, 2.24) is 19.6 Å². The van der Waals surface area contributed by atoms with Gasteiger partial charge in [-0.3, -0.25) is 9.48 Å². The number of nitrogens with zero attached hydrogens (tertiary/aromatic N) is 4. The van der Waals surface area contributed by atoms with Gasteiger partial charge in [-0.2, -0.15) is 5.10 Å². The normalized spacial score (nSPS) is 20.9. The first-order valence-corrected chi connectivity index (χ1v) is 6.24. The number of hydrogen-bond donors (Lipinski definition) is 1. The number of rotatable bonds is 2. The maximum Gasteiger partial charge on any atom is 0.274 e. The van der Waals surface area contributed by atoms with Crippen LogP contribution in [0, 0.1) is 0 Å². The minimum Gasteiger partial charge on any atom is -0.396 e. The number of aromatic nitrogens is 2. The third-order valence-corrected chi connectivity index (χ3v) is 3.64. The molecular formula is C12H21N5O. The van der Waals surface area contributed by atoms with Crippen LogP contribution in [-0.4, -0.2) is 58.7 Å². The Morgan fingerprint density at radius 3 is 2.83 bits per heavy atom. The molecule has 1 aliphatic heterocycles. The Morgan fingerprint density at radius 1 is 1.56 bits per heavy atom. The maximum absolute atomic E-state index is 12.4. The number of piperidine rings is 1. The third-order valence-electron chi connectivity index (χ3n) is 3.64. The van der Waals surface area contributed by atoms with Crippen LogP contribution in [0.1, 0.15) is 23.3 Å². The van der Waals surface area contributed by atoms with E-state index < -0.39 is 0 Å². The highest BCUT2D eigenvalue weighted by molar-refractivity contribution is 5.97. The lowest BCUT2D eigenvalue weighted by atomic mass is 10.0. The zero-order valence-electron chi connectivity index (χ0n) is 11.3. The van der Waals surface area contributed by atoms with E-state index in [1.807, 2.05) is 7.05 Å². The summed E-state index contributed by atoms with van der Waals surface area (Å²) in [6.07, 6.45) is 3.69. The van der Waals surface area contributed by atoms with E-state index in [4.69, 9.17) is 5.73 Å². The van der Waals surface area contributed by atoms with Crippen molar-refractivity contribution in [2.24, 2.45) is 7.05 Å². The molecule has 0 radical (unpaired) electrons. The second-order valence-electron chi connectivity index (χ2n) is 5.05. The van der Waals surface area contributed by atoms with Gasteiger partial charge in [0, 0.05) is 26.7 Å². The van der Waals surface area contributed by atoms with Crippen LogP contribution in [-0.2, 0) is 7.05 Å². The monoisotopic (exact) mass is 251 g/mol. The summed E-state index contributed by atoms with van der Waals surface area (Å²) < 4.78 is 1.54. The Labute approximate surface area is 107 Å². The van der Waals surface area contributed by atoms with Gasteiger partial charge < -0.3 is 15.5 Å². The molecule has 0 aromatic carbocycles. The second-order valence-corrected chi connectivity index (χ2v) is 5.05. The number of anilines is 1. The first-order valence-electron chi connectivity index (χ1n) is 6.24. The molecule has 1 atom stereocenters. The van der Waals surface area contributed by atoms with Crippen LogP contribution in [0.5, 0.6) is 0 Å². The SMILES string of the molecule is CN1CCCC(N(C)C(=O)c2c(N)cnn2C)C1. The molecule has 2 rings (SSSR count). The van der Waals surface area contributed by atoms with Gasteiger partial charge in [-0.25, -0.2) is 0 Å². The fraction of sp³-hybridized carbons (Fsp3) is 0.667. The zero-order valence-corrected chi connectivity index (χ0v) is 11.3. The van der Waals surface area contributed by atoms with E-state index >= 15 is 0 Å². The minimum absolute atomic E-state index is 0.0483. The summed E-state index contributed by atoms with van der Waals surface area (Å²) in [5, 5.41) is 4.01. The molecule has 18 heavy (non-hydrogen) atoms. The Bertz CT molecular complexity index is 422. The van der Waals surface area contributed by atoms with Crippen LogP contribution < -0.4 is 5.73 Å². The number of carbonyl (C=O) groups is 1. The van der Waals surface area contributed by atoms with Crippen LogP contribution in [0.4, 0.5) is 5.69 Å². The first kappa shape index (κ1) is 12.9. The Kier molecular flexibility index (Phi) is 3.56. The summed E-state index contributed by atoms with van der Waals surface area (Å²) in [6.45, 7) is 2.02. The van der Waals surface area contributed by atoms with Gasteiger partial charge in [-0.05, 0) is 26.4 Å². The van der Waals surface area contributed by atoms with Gasteiger partial charge in [-0.1, -0.05) is 0 Å². The van der Waals surface area contributed by atoms with Gasteiger partial charge in [0.25, 0.3) is 5.91 Å². The summed E-state index contributed by atoms with van der Waals surface area (Å²) in [5.74, 6) is -0.0483. The first-order chi connectivity index (χ1) is 8.50. The lowest BCUT2D eigenvalue weighted by Crippen LogP contribution is -2.47. The fourth-order valence-corrected chi connectivity index (χ4v) is 2.50. The quantitative estimate of drug-likeness (QED) is 0.813. The summed E-state index contributed by atoms with van der Waals surface area (Å²) in [5.41, 5.74) is 6.72. The molecule has 1 amide bonds. The van der Waals surface area contributed by atoms with Gasteiger partial charge in [0.2, 0.25) is 0 Å². The smallest absolute Gasteiger partial charge is 0.274 e. The van der Waals surface area contributed by atoms with Crippen LogP contribution in [0.25, 0.3) is 0 Å². The largest absolute Gasteiger partial charge is 0.396 e. The molecule has 100 valence electrons. The minimum atomic E-state index is -0.0483. The van der Waals surface area contributed by atoms with Crippen LogP contribution >= 0.6 is 0 Å².